The van der Waals surface area contributed by atoms with Gasteiger partial charge in [-0.15, -0.1) is 0 Å². The van der Waals surface area contributed by atoms with Crippen LogP contribution >= 0.6 is 0 Å². The Morgan fingerprint density at radius 1 is 0.600 bits per heavy atom. The molecule has 1 heteroatoms. The average molecular weight is 204 g/mol. The Kier molecular flexibility index (Phi) is 2.83. The van der Waals surface area contributed by atoms with Gasteiger partial charge in [0.05, 0.1) is 0 Å². The number of fused-ring (bicyclic) bond motifs is 2. The van der Waals surface area contributed by atoms with Gasteiger partial charge in [0.15, 0.2) is 0 Å². The molecule has 0 bridgehead atoms. The van der Waals surface area contributed by atoms with Crippen LogP contribution in [-0.2, 0) is 0 Å². The van der Waals surface area contributed by atoms with Crippen LogP contribution in [0.1, 0.15) is 57.8 Å². The molecule has 0 heterocycles. The van der Waals surface area contributed by atoms with E-state index in [9.17, 15) is 0 Å². The number of hydrogen-bond acceptors (Lipinski definition) is 0. The zero-order chi connectivity index (χ0) is 10.3. The van der Waals surface area contributed by atoms with Gasteiger partial charge in [-0.3, -0.25) is 0 Å². The third-order valence-electron chi connectivity index (χ3n) is 5.68. The Balaban J connectivity index is 1.67. The first-order valence-corrected chi connectivity index (χ1v) is 7.33. The molecule has 5 unspecified atom stereocenters. The normalized spacial score (nSPS) is 50.5. The third-order valence-corrected chi connectivity index (χ3v) is 5.68. The first-order chi connectivity index (χ1) is 7.33. The first kappa shape index (κ1) is 10.2. The standard InChI is InChI=1S/C14H25B/c15-14-6-5-12-7-10-3-1-2-4-11(10)8-13(12)9-14/h10-14H,1-9,15H2. The zero-order valence-electron chi connectivity index (χ0n) is 10.3. The van der Waals surface area contributed by atoms with Gasteiger partial charge in [0, 0.05) is 0 Å². The summed E-state index contributed by atoms with van der Waals surface area (Å²) in [5, 5.41) is 0. The summed E-state index contributed by atoms with van der Waals surface area (Å²) in [5.41, 5.74) is 0. The van der Waals surface area contributed by atoms with Crippen molar-refractivity contribution in [2.45, 2.75) is 63.6 Å². The highest BCUT2D eigenvalue weighted by Gasteiger charge is 2.39. The SMILES string of the molecule is BC1CCC2CC3CCCCC3CC2C1. The molecule has 0 aromatic heterocycles. The summed E-state index contributed by atoms with van der Waals surface area (Å²) < 4.78 is 0. The van der Waals surface area contributed by atoms with E-state index < -0.39 is 0 Å². The summed E-state index contributed by atoms with van der Waals surface area (Å²) in [6, 6.07) is 0. The molecule has 0 N–H and O–H groups in total. The molecule has 3 rings (SSSR count). The van der Waals surface area contributed by atoms with Gasteiger partial charge in [-0.05, 0) is 36.5 Å². The fourth-order valence-corrected chi connectivity index (χ4v) is 4.84. The summed E-state index contributed by atoms with van der Waals surface area (Å²) in [7, 11) is 2.48. The van der Waals surface area contributed by atoms with E-state index in [2.05, 4.69) is 7.85 Å². The van der Waals surface area contributed by atoms with Gasteiger partial charge >= 0.3 is 0 Å². The van der Waals surface area contributed by atoms with Crippen molar-refractivity contribution in [1.82, 2.24) is 0 Å². The van der Waals surface area contributed by atoms with E-state index >= 15 is 0 Å². The molecule has 3 aliphatic carbocycles. The van der Waals surface area contributed by atoms with Crippen LogP contribution in [0.4, 0.5) is 0 Å². The Labute approximate surface area is 95.6 Å². The lowest BCUT2D eigenvalue weighted by atomic mass is 9.56. The van der Waals surface area contributed by atoms with Crippen molar-refractivity contribution in [3.05, 3.63) is 0 Å². The van der Waals surface area contributed by atoms with Crippen molar-refractivity contribution in [2.75, 3.05) is 0 Å². The predicted octanol–water partition coefficient (Wildman–Crippen LogP) is 3.42. The van der Waals surface area contributed by atoms with Gasteiger partial charge in [-0.25, -0.2) is 0 Å². The van der Waals surface area contributed by atoms with Crippen molar-refractivity contribution in [3.8, 4) is 0 Å². The maximum Gasteiger partial charge on any atom is 0.105 e. The van der Waals surface area contributed by atoms with Crippen molar-refractivity contribution < 1.29 is 0 Å². The molecule has 0 spiro atoms. The highest BCUT2D eigenvalue weighted by atomic mass is 14.4. The quantitative estimate of drug-likeness (QED) is 0.530. The molecule has 0 aromatic carbocycles. The fraction of sp³-hybridized carbons (Fsp3) is 1.00. The topological polar surface area (TPSA) is 0 Å². The smallest absolute Gasteiger partial charge is 0.0694 e. The molecule has 5 atom stereocenters. The minimum Gasteiger partial charge on any atom is -0.0694 e. The summed E-state index contributed by atoms with van der Waals surface area (Å²) in [4.78, 5) is 0. The fourth-order valence-electron chi connectivity index (χ4n) is 4.84. The van der Waals surface area contributed by atoms with Gasteiger partial charge in [0.2, 0.25) is 0 Å². The van der Waals surface area contributed by atoms with Gasteiger partial charge in [-0.2, -0.15) is 0 Å². The van der Waals surface area contributed by atoms with Crippen LogP contribution in [0.5, 0.6) is 0 Å². The lowest BCUT2D eigenvalue weighted by molar-refractivity contribution is 0.0523. The van der Waals surface area contributed by atoms with E-state index in [4.69, 9.17) is 0 Å². The van der Waals surface area contributed by atoms with Gasteiger partial charge in [0.25, 0.3) is 0 Å². The largest absolute Gasteiger partial charge is 0.105 e. The van der Waals surface area contributed by atoms with Crippen LogP contribution < -0.4 is 0 Å². The lowest BCUT2D eigenvalue weighted by Crippen LogP contribution is -2.36. The monoisotopic (exact) mass is 204 g/mol. The molecular weight excluding hydrogens is 179 g/mol. The molecule has 3 fully saturated rings. The minimum atomic E-state index is 1.03. The summed E-state index contributed by atoms with van der Waals surface area (Å²) in [6.45, 7) is 0. The third kappa shape index (κ3) is 1.99. The molecule has 0 amide bonds. The molecule has 3 aliphatic rings. The second-order valence-corrected chi connectivity index (χ2v) is 6.71. The van der Waals surface area contributed by atoms with Crippen LogP contribution in [0, 0.1) is 23.7 Å². The van der Waals surface area contributed by atoms with Gasteiger partial charge in [-0.1, -0.05) is 50.8 Å². The number of rotatable bonds is 0. The summed E-state index contributed by atoms with van der Waals surface area (Å²) >= 11 is 0. The van der Waals surface area contributed by atoms with E-state index in [1.54, 1.807) is 38.5 Å². The maximum atomic E-state index is 2.48. The van der Waals surface area contributed by atoms with E-state index in [0.717, 1.165) is 29.5 Å². The highest BCUT2D eigenvalue weighted by Crippen LogP contribution is 2.51. The van der Waals surface area contributed by atoms with Crippen LogP contribution in [0.15, 0.2) is 0 Å². The van der Waals surface area contributed by atoms with E-state index in [1.807, 2.05) is 0 Å². The van der Waals surface area contributed by atoms with Crippen molar-refractivity contribution >= 4 is 7.85 Å². The maximum absolute atomic E-state index is 2.48. The average Bonchev–Trinajstić information content (AvgIpc) is 2.26. The highest BCUT2D eigenvalue weighted by molar-refractivity contribution is 6.11. The minimum absolute atomic E-state index is 1.03. The zero-order valence-corrected chi connectivity index (χ0v) is 10.3. The van der Waals surface area contributed by atoms with E-state index in [-0.39, 0.29) is 0 Å². The molecule has 15 heavy (non-hydrogen) atoms. The molecular formula is C14H25B. The van der Waals surface area contributed by atoms with Crippen molar-refractivity contribution in [1.29, 1.82) is 0 Å². The molecule has 0 radical (unpaired) electrons. The molecule has 0 aliphatic heterocycles. The Bertz CT molecular complexity index is 225. The second-order valence-electron chi connectivity index (χ2n) is 6.71. The molecule has 3 saturated carbocycles. The van der Waals surface area contributed by atoms with Crippen molar-refractivity contribution in [2.24, 2.45) is 23.7 Å². The molecule has 0 aromatic rings. The first-order valence-electron chi connectivity index (χ1n) is 7.33. The summed E-state index contributed by atoms with van der Waals surface area (Å²) in [6.07, 6.45) is 14.1. The van der Waals surface area contributed by atoms with Crippen LogP contribution in [-0.4, -0.2) is 7.85 Å². The Morgan fingerprint density at radius 3 is 1.93 bits per heavy atom. The second kappa shape index (κ2) is 4.15. The Morgan fingerprint density at radius 2 is 1.20 bits per heavy atom. The summed E-state index contributed by atoms with van der Waals surface area (Å²) in [5.74, 6) is 5.60. The Hall–Kier alpha value is 0.0649. The lowest BCUT2D eigenvalue weighted by Gasteiger charge is -2.47. The van der Waals surface area contributed by atoms with Crippen molar-refractivity contribution in [3.63, 3.8) is 0 Å². The van der Waals surface area contributed by atoms with Gasteiger partial charge in [0.1, 0.15) is 7.85 Å². The molecule has 0 nitrogen and oxygen atoms in total. The number of hydrogen-bond donors (Lipinski definition) is 0. The van der Waals surface area contributed by atoms with E-state index in [0.29, 0.717) is 0 Å². The molecule has 84 valence electrons. The van der Waals surface area contributed by atoms with Crippen LogP contribution in [0.3, 0.4) is 0 Å². The van der Waals surface area contributed by atoms with E-state index in [1.165, 1.54) is 19.3 Å². The van der Waals surface area contributed by atoms with Gasteiger partial charge < -0.3 is 0 Å². The van der Waals surface area contributed by atoms with Crippen LogP contribution in [0.25, 0.3) is 0 Å². The molecule has 0 saturated heterocycles. The predicted molar refractivity (Wildman–Crippen MR) is 67.8 cm³/mol. The van der Waals surface area contributed by atoms with Crippen LogP contribution in [0.2, 0.25) is 5.82 Å².